The van der Waals surface area contributed by atoms with E-state index in [2.05, 4.69) is 4.74 Å². The van der Waals surface area contributed by atoms with Gasteiger partial charge in [-0.3, -0.25) is 0 Å². The third kappa shape index (κ3) is 0.480. The molecular formula is C8H4O4. The Labute approximate surface area is 67.0 Å². The Morgan fingerprint density at radius 2 is 2.33 bits per heavy atom. The summed E-state index contributed by atoms with van der Waals surface area (Å²) in [6, 6.07) is 1.63. The van der Waals surface area contributed by atoms with Gasteiger partial charge in [-0.05, 0) is 0 Å². The van der Waals surface area contributed by atoms with E-state index in [1.807, 2.05) is 0 Å². The summed E-state index contributed by atoms with van der Waals surface area (Å²) in [4.78, 5) is 11.1. The number of ether oxygens (including phenoxy) is 2. The van der Waals surface area contributed by atoms with Crippen LogP contribution in [0.1, 0.15) is 10.4 Å². The van der Waals surface area contributed by atoms with Gasteiger partial charge in [0.1, 0.15) is 5.56 Å². The highest BCUT2D eigenvalue weighted by Gasteiger charge is 2.37. The highest BCUT2D eigenvalue weighted by atomic mass is 16.6. The summed E-state index contributed by atoms with van der Waals surface area (Å²) in [7, 11) is 1.34. The second-order valence-electron chi connectivity index (χ2n) is 2.61. The van der Waals surface area contributed by atoms with Crippen LogP contribution in [0, 0.1) is 0 Å². The average Bonchev–Trinajstić information content (AvgIpc) is 2.71. The summed E-state index contributed by atoms with van der Waals surface area (Å²) < 4.78 is 14.8. The maximum Gasteiger partial charge on any atom is 0.341 e. The first-order valence-electron chi connectivity index (χ1n) is 3.46. The quantitative estimate of drug-likeness (QED) is 0.406. The number of furan rings is 2. The molecule has 1 aliphatic rings. The van der Waals surface area contributed by atoms with E-state index in [-0.39, 0.29) is 5.97 Å². The molecule has 2 aromatic heterocycles. The molecule has 0 saturated heterocycles. The number of rotatable bonds is 1. The Balaban J connectivity index is 2.25. The zero-order valence-electron chi connectivity index (χ0n) is 6.21. The SMILES string of the molecule is COC(=O)c1cc2oc1c1c2O1. The van der Waals surface area contributed by atoms with Crippen LogP contribution in [0.4, 0.5) is 0 Å². The van der Waals surface area contributed by atoms with Crippen LogP contribution in [0.15, 0.2) is 10.5 Å². The van der Waals surface area contributed by atoms with Gasteiger partial charge >= 0.3 is 5.97 Å². The smallest absolute Gasteiger partial charge is 0.341 e. The van der Waals surface area contributed by atoms with E-state index in [9.17, 15) is 4.79 Å². The minimum Gasteiger partial charge on any atom is -0.465 e. The number of hydrogen-bond acceptors (Lipinski definition) is 4. The molecule has 60 valence electrons. The fourth-order valence-electron chi connectivity index (χ4n) is 1.32. The van der Waals surface area contributed by atoms with Crippen LogP contribution in [0.5, 0.6) is 11.5 Å². The normalized spacial score (nSPS) is 12.8. The Morgan fingerprint density at radius 1 is 1.50 bits per heavy atom. The topological polar surface area (TPSA) is 52.0 Å². The van der Waals surface area contributed by atoms with Crippen LogP contribution in [-0.2, 0) is 4.74 Å². The minimum absolute atomic E-state index is 0.387. The number of esters is 1. The van der Waals surface area contributed by atoms with Crippen LogP contribution in [0.25, 0.3) is 11.2 Å². The van der Waals surface area contributed by atoms with Crippen LogP contribution in [-0.4, -0.2) is 13.1 Å². The summed E-state index contributed by atoms with van der Waals surface area (Å²) in [5, 5.41) is 0. The van der Waals surface area contributed by atoms with Crippen molar-refractivity contribution in [2.45, 2.75) is 0 Å². The lowest BCUT2D eigenvalue weighted by molar-refractivity contribution is 0.0602. The molecule has 2 aromatic rings. The van der Waals surface area contributed by atoms with Crippen molar-refractivity contribution in [2.24, 2.45) is 0 Å². The van der Waals surface area contributed by atoms with Crippen molar-refractivity contribution in [2.75, 3.05) is 7.11 Å². The molecule has 4 heteroatoms. The molecule has 0 atom stereocenters. The highest BCUT2D eigenvalue weighted by Crippen LogP contribution is 2.57. The predicted octanol–water partition coefficient (Wildman–Crippen LogP) is 1.76. The monoisotopic (exact) mass is 164 g/mol. The van der Waals surface area contributed by atoms with Crippen LogP contribution < -0.4 is 4.74 Å². The van der Waals surface area contributed by atoms with E-state index < -0.39 is 0 Å². The summed E-state index contributed by atoms with van der Waals surface area (Å²) in [6.07, 6.45) is 0. The maximum atomic E-state index is 11.1. The number of benzene rings is 1. The number of methoxy groups -OCH3 is 1. The molecule has 0 radical (unpaired) electrons. The molecular weight excluding hydrogens is 160 g/mol. The van der Waals surface area contributed by atoms with E-state index in [4.69, 9.17) is 9.15 Å². The first-order chi connectivity index (χ1) is 5.81. The van der Waals surface area contributed by atoms with E-state index >= 15 is 0 Å². The lowest BCUT2D eigenvalue weighted by atomic mass is 10.2. The molecule has 1 aliphatic heterocycles. The largest absolute Gasteiger partial charge is 0.465 e. The lowest BCUT2D eigenvalue weighted by Crippen LogP contribution is -1.98. The maximum absolute atomic E-state index is 11.1. The van der Waals surface area contributed by atoms with Crippen LogP contribution in [0.3, 0.4) is 0 Å². The van der Waals surface area contributed by atoms with Gasteiger partial charge in [0, 0.05) is 6.07 Å². The van der Waals surface area contributed by atoms with E-state index in [0.29, 0.717) is 22.5 Å². The highest BCUT2D eigenvalue weighted by molar-refractivity contribution is 6.06. The number of carbonyl (C=O) groups is 1. The fourth-order valence-corrected chi connectivity index (χ4v) is 1.32. The molecule has 3 rings (SSSR count). The van der Waals surface area contributed by atoms with Gasteiger partial charge in [0.2, 0.25) is 11.5 Å². The molecule has 3 heterocycles. The van der Waals surface area contributed by atoms with Gasteiger partial charge in [0.25, 0.3) is 0 Å². The molecule has 2 bridgehead atoms. The first-order valence-corrected chi connectivity index (χ1v) is 3.46. The molecule has 12 heavy (non-hydrogen) atoms. The first kappa shape index (κ1) is 5.88. The minimum atomic E-state index is -0.387. The molecule has 0 aromatic carbocycles. The standard InChI is InChI=1S/C8H4O4/c1-10-8(9)3-2-4-6-7(12-6)5(3)11-4/h2H,1H3. The van der Waals surface area contributed by atoms with Gasteiger partial charge < -0.3 is 13.9 Å². The zero-order chi connectivity index (χ0) is 8.29. The second-order valence-corrected chi connectivity index (χ2v) is 2.61. The Kier molecular flexibility index (Phi) is 0.760. The second kappa shape index (κ2) is 1.55. The molecule has 0 unspecified atom stereocenters. The molecule has 0 spiro atoms. The summed E-state index contributed by atoms with van der Waals surface area (Å²) >= 11 is 0. The molecule has 4 nitrogen and oxygen atoms in total. The van der Waals surface area contributed by atoms with Crippen molar-refractivity contribution >= 4 is 17.1 Å². The Hall–Kier alpha value is -1.71. The van der Waals surface area contributed by atoms with E-state index in [0.717, 1.165) is 5.75 Å². The Morgan fingerprint density at radius 3 is 2.92 bits per heavy atom. The van der Waals surface area contributed by atoms with Crippen molar-refractivity contribution in [1.82, 2.24) is 0 Å². The third-order valence-electron chi connectivity index (χ3n) is 1.94. The van der Waals surface area contributed by atoms with Crippen LogP contribution in [0.2, 0.25) is 0 Å². The summed E-state index contributed by atoms with van der Waals surface area (Å²) in [5.74, 6) is 1.06. The fraction of sp³-hybridized carbons (Fsp3) is 0.125. The van der Waals surface area contributed by atoms with Crippen molar-refractivity contribution in [3.05, 3.63) is 11.6 Å². The molecule has 0 saturated carbocycles. The zero-order valence-corrected chi connectivity index (χ0v) is 6.21. The number of carbonyl (C=O) groups excluding carboxylic acids is 1. The van der Waals surface area contributed by atoms with Gasteiger partial charge in [0.05, 0.1) is 7.11 Å². The lowest BCUT2D eigenvalue weighted by Gasteiger charge is -1.91. The molecule has 0 amide bonds. The van der Waals surface area contributed by atoms with Gasteiger partial charge in [-0.2, -0.15) is 0 Å². The van der Waals surface area contributed by atoms with E-state index in [1.165, 1.54) is 7.11 Å². The number of hydrogen-bond donors (Lipinski definition) is 0. The van der Waals surface area contributed by atoms with Gasteiger partial charge in [-0.1, -0.05) is 0 Å². The van der Waals surface area contributed by atoms with Gasteiger partial charge in [-0.25, -0.2) is 4.79 Å². The third-order valence-corrected chi connectivity index (χ3v) is 1.94. The summed E-state index contributed by atoms with van der Waals surface area (Å²) in [5.41, 5.74) is 1.58. The van der Waals surface area contributed by atoms with Crippen molar-refractivity contribution in [1.29, 1.82) is 0 Å². The van der Waals surface area contributed by atoms with Crippen molar-refractivity contribution in [3.63, 3.8) is 0 Å². The van der Waals surface area contributed by atoms with Gasteiger partial charge in [-0.15, -0.1) is 0 Å². The molecule has 0 fully saturated rings. The summed E-state index contributed by atoms with van der Waals surface area (Å²) in [6.45, 7) is 0. The predicted molar refractivity (Wildman–Crippen MR) is 38.8 cm³/mol. The van der Waals surface area contributed by atoms with E-state index in [1.54, 1.807) is 6.07 Å². The van der Waals surface area contributed by atoms with Crippen molar-refractivity contribution in [3.8, 4) is 11.5 Å². The molecule has 0 N–H and O–H groups in total. The Bertz CT molecular complexity index is 468. The average molecular weight is 164 g/mol. The van der Waals surface area contributed by atoms with Crippen molar-refractivity contribution < 1.29 is 18.7 Å². The van der Waals surface area contributed by atoms with Gasteiger partial charge in [0.15, 0.2) is 11.2 Å². The molecule has 0 aliphatic carbocycles. The van der Waals surface area contributed by atoms with Crippen LogP contribution >= 0.6 is 0 Å². The number of fused-ring (bicyclic) bond motifs is 5.